The molecular formula is C17H22N4O2S. The van der Waals surface area contributed by atoms with E-state index in [9.17, 15) is 9.59 Å². The average molecular weight is 346 g/mol. The second-order valence-corrected chi connectivity index (χ2v) is 7.34. The van der Waals surface area contributed by atoms with Crippen molar-refractivity contribution >= 4 is 34.5 Å². The van der Waals surface area contributed by atoms with E-state index in [2.05, 4.69) is 5.10 Å². The highest BCUT2D eigenvalue weighted by atomic mass is 32.2. The average Bonchev–Trinajstić information content (AvgIpc) is 3.20. The largest absolute Gasteiger partial charge is 0.347 e. The molecule has 2 amide bonds. The van der Waals surface area contributed by atoms with Gasteiger partial charge in [0, 0.05) is 25.2 Å². The Kier molecular flexibility index (Phi) is 4.80. The summed E-state index contributed by atoms with van der Waals surface area (Å²) in [6.45, 7) is 2.41. The van der Waals surface area contributed by atoms with E-state index in [1.54, 1.807) is 35.7 Å². The fourth-order valence-corrected chi connectivity index (χ4v) is 4.11. The monoisotopic (exact) mass is 346 g/mol. The number of amides is 2. The Morgan fingerprint density at radius 2 is 2.12 bits per heavy atom. The molecule has 0 spiro atoms. The number of benzene rings is 1. The first kappa shape index (κ1) is 16.8. The fraction of sp³-hybridized carbons (Fsp3) is 0.471. The van der Waals surface area contributed by atoms with Crippen LogP contribution in [0.2, 0.25) is 0 Å². The zero-order valence-electron chi connectivity index (χ0n) is 14.2. The van der Waals surface area contributed by atoms with Crippen molar-refractivity contribution in [2.24, 2.45) is 5.92 Å². The normalized spacial score (nSPS) is 18.8. The van der Waals surface area contributed by atoms with Crippen LogP contribution >= 0.6 is 11.8 Å². The summed E-state index contributed by atoms with van der Waals surface area (Å²) in [5.74, 6) is 1.02. The van der Waals surface area contributed by atoms with Crippen LogP contribution in [-0.2, 0) is 16.1 Å². The lowest BCUT2D eigenvalue weighted by Crippen LogP contribution is -2.48. The van der Waals surface area contributed by atoms with Crippen LogP contribution in [-0.4, -0.2) is 63.2 Å². The van der Waals surface area contributed by atoms with E-state index in [0.29, 0.717) is 18.2 Å². The Morgan fingerprint density at radius 3 is 2.88 bits per heavy atom. The van der Waals surface area contributed by atoms with Crippen molar-refractivity contribution in [2.75, 3.05) is 25.7 Å². The maximum Gasteiger partial charge on any atom is 0.245 e. The standard InChI is InChI=1S/C17H22N4O2S/c1-12(9-21-14-7-5-4-6-13(14)8-18-21)16(22)20-11-24-10-15(20)17(23)19(2)3/h4-8,12,15H,9-11H2,1-3H3/t12-,15-/m1/s1. The topological polar surface area (TPSA) is 58.4 Å². The molecular weight excluding hydrogens is 324 g/mol. The Labute approximate surface area is 145 Å². The maximum atomic E-state index is 12.8. The molecule has 3 rings (SSSR count). The quantitative estimate of drug-likeness (QED) is 0.845. The molecule has 0 unspecified atom stereocenters. The van der Waals surface area contributed by atoms with E-state index in [4.69, 9.17) is 0 Å². The summed E-state index contributed by atoms with van der Waals surface area (Å²) in [6.07, 6.45) is 1.82. The molecule has 0 bridgehead atoms. The molecule has 128 valence electrons. The Morgan fingerprint density at radius 1 is 1.38 bits per heavy atom. The molecule has 2 atom stereocenters. The smallest absolute Gasteiger partial charge is 0.245 e. The number of carbonyl (C=O) groups excluding carboxylic acids is 2. The Balaban J connectivity index is 1.73. The minimum Gasteiger partial charge on any atom is -0.347 e. The molecule has 2 aromatic rings. The van der Waals surface area contributed by atoms with Crippen LogP contribution in [0.5, 0.6) is 0 Å². The molecule has 24 heavy (non-hydrogen) atoms. The third-order valence-electron chi connectivity index (χ3n) is 4.31. The third-order valence-corrected chi connectivity index (χ3v) is 5.32. The number of hydrogen-bond donors (Lipinski definition) is 0. The van der Waals surface area contributed by atoms with E-state index in [0.717, 1.165) is 10.9 Å². The number of aromatic nitrogens is 2. The van der Waals surface area contributed by atoms with Crippen molar-refractivity contribution in [1.29, 1.82) is 0 Å². The highest BCUT2D eigenvalue weighted by Gasteiger charge is 2.37. The predicted octanol–water partition coefficient (Wildman–Crippen LogP) is 1.66. The Bertz CT molecular complexity index is 758. The molecule has 0 radical (unpaired) electrons. The molecule has 1 fully saturated rings. The van der Waals surface area contributed by atoms with E-state index in [-0.39, 0.29) is 23.8 Å². The van der Waals surface area contributed by atoms with Crippen molar-refractivity contribution in [3.63, 3.8) is 0 Å². The number of rotatable bonds is 4. The van der Waals surface area contributed by atoms with Crippen LogP contribution in [0.4, 0.5) is 0 Å². The van der Waals surface area contributed by atoms with Gasteiger partial charge in [-0.05, 0) is 6.07 Å². The highest BCUT2D eigenvalue weighted by molar-refractivity contribution is 7.99. The number of fused-ring (bicyclic) bond motifs is 1. The summed E-state index contributed by atoms with van der Waals surface area (Å²) < 4.78 is 1.86. The van der Waals surface area contributed by atoms with Gasteiger partial charge < -0.3 is 9.80 Å². The maximum absolute atomic E-state index is 12.8. The van der Waals surface area contributed by atoms with E-state index in [1.165, 1.54) is 0 Å². The van der Waals surface area contributed by atoms with E-state index < -0.39 is 0 Å². The molecule has 7 heteroatoms. The molecule has 1 aromatic carbocycles. The minimum absolute atomic E-state index is 0.00918. The second kappa shape index (κ2) is 6.84. The molecule has 0 saturated carbocycles. The summed E-state index contributed by atoms with van der Waals surface area (Å²) in [6, 6.07) is 7.60. The van der Waals surface area contributed by atoms with Gasteiger partial charge in [0.1, 0.15) is 6.04 Å². The van der Waals surface area contributed by atoms with Gasteiger partial charge in [0.05, 0.1) is 30.1 Å². The minimum atomic E-state index is -0.352. The zero-order valence-corrected chi connectivity index (χ0v) is 15.0. The lowest BCUT2D eigenvalue weighted by molar-refractivity contribution is -0.144. The van der Waals surface area contributed by atoms with Gasteiger partial charge in [-0.15, -0.1) is 11.8 Å². The lowest BCUT2D eigenvalue weighted by Gasteiger charge is -2.27. The predicted molar refractivity (Wildman–Crippen MR) is 95.6 cm³/mol. The van der Waals surface area contributed by atoms with Crippen LogP contribution in [0.15, 0.2) is 30.5 Å². The molecule has 0 aliphatic carbocycles. The number of para-hydroxylation sites is 1. The van der Waals surface area contributed by atoms with Crippen molar-refractivity contribution < 1.29 is 9.59 Å². The molecule has 2 heterocycles. The van der Waals surface area contributed by atoms with Crippen molar-refractivity contribution in [3.8, 4) is 0 Å². The molecule has 1 aromatic heterocycles. The first-order valence-corrected chi connectivity index (χ1v) is 9.14. The van der Waals surface area contributed by atoms with E-state index in [1.807, 2.05) is 42.1 Å². The molecule has 1 saturated heterocycles. The summed E-state index contributed by atoms with van der Waals surface area (Å²) in [5, 5.41) is 5.46. The van der Waals surface area contributed by atoms with Crippen molar-refractivity contribution in [1.82, 2.24) is 19.6 Å². The Hall–Kier alpha value is -2.02. The zero-order chi connectivity index (χ0) is 17.3. The number of hydrogen-bond acceptors (Lipinski definition) is 4. The van der Waals surface area contributed by atoms with Crippen LogP contribution in [0.3, 0.4) is 0 Å². The van der Waals surface area contributed by atoms with Gasteiger partial charge in [0.2, 0.25) is 11.8 Å². The van der Waals surface area contributed by atoms with Gasteiger partial charge >= 0.3 is 0 Å². The second-order valence-electron chi connectivity index (χ2n) is 6.34. The third kappa shape index (κ3) is 3.13. The van der Waals surface area contributed by atoms with Crippen LogP contribution < -0.4 is 0 Å². The summed E-state index contributed by atoms with van der Waals surface area (Å²) >= 11 is 1.63. The van der Waals surface area contributed by atoms with Gasteiger partial charge in [0.15, 0.2) is 0 Å². The fourth-order valence-electron chi connectivity index (χ4n) is 2.95. The van der Waals surface area contributed by atoms with Crippen molar-refractivity contribution in [3.05, 3.63) is 30.5 Å². The summed E-state index contributed by atoms with van der Waals surface area (Å²) in [4.78, 5) is 28.4. The van der Waals surface area contributed by atoms with Gasteiger partial charge in [-0.1, -0.05) is 25.1 Å². The van der Waals surface area contributed by atoms with Crippen LogP contribution in [0, 0.1) is 5.92 Å². The van der Waals surface area contributed by atoms with Gasteiger partial charge in [-0.25, -0.2) is 0 Å². The van der Waals surface area contributed by atoms with Gasteiger partial charge in [-0.2, -0.15) is 5.10 Å². The number of nitrogens with zero attached hydrogens (tertiary/aromatic N) is 4. The van der Waals surface area contributed by atoms with Gasteiger partial charge in [-0.3, -0.25) is 14.3 Å². The van der Waals surface area contributed by atoms with Crippen molar-refractivity contribution in [2.45, 2.75) is 19.5 Å². The lowest BCUT2D eigenvalue weighted by atomic mass is 10.1. The number of thioether (sulfide) groups is 1. The van der Waals surface area contributed by atoms with Crippen LogP contribution in [0.1, 0.15) is 6.92 Å². The molecule has 6 nitrogen and oxygen atoms in total. The van der Waals surface area contributed by atoms with Crippen LogP contribution in [0.25, 0.3) is 10.9 Å². The first-order valence-electron chi connectivity index (χ1n) is 7.99. The molecule has 1 aliphatic rings. The highest BCUT2D eigenvalue weighted by Crippen LogP contribution is 2.25. The van der Waals surface area contributed by atoms with E-state index >= 15 is 0 Å². The number of carbonyl (C=O) groups is 2. The molecule has 1 aliphatic heterocycles. The van der Waals surface area contributed by atoms with Gasteiger partial charge in [0.25, 0.3) is 0 Å². The number of likely N-dealkylation sites (N-methyl/N-ethyl adjacent to an activating group) is 1. The SMILES string of the molecule is C[C@H](Cn1ncc2ccccc21)C(=O)N1CSC[C@@H]1C(=O)N(C)C. The molecule has 0 N–H and O–H groups in total. The first-order chi connectivity index (χ1) is 11.5. The summed E-state index contributed by atoms with van der Waals surface area (Å²) in [7, 11) is 3.46. The summed E-state index contributed by atoms with van der Waals surface area (Å²) in [5.41, 5.74) is 1.02.